The molecule has 7 rings (SSSR count). The topological polar surface area (TPSA) is 33.7 Å². The first-order valence-electron chi connectivity index (χ1n) is 21.1. The van der Waals surface area contributed by atoms with Crippen molar-refractivity contribution in [3.8, 4) is 11.4 Å². The van der Waals surface area contributed by atoms with Crippen LogP contribution in [0.1, 0.15) is 149 Å². The molecule has 0 saturated carbocycles. The van der Waals surface area contributed by atoms with E-state index in [1.807, 2.05) is 0 Å². The molecule has 0 aliphatic rings. The van der Waals surface area contributed by atoms with Crippen molar-refractivity contribution in [1.82, 2.24) is 9.13 Å². The summed E-state index contributed by atoms with van der Waals surface area (Å²) in [5.41, 5.74) is 15.0. The lowest BCUT2D eigenvalue weighted by atomic mass is 9.78. The normalized spacial score (nSPS) is 14.2. The molecule has 0 saturated heterocycles. The van der Waals surface area contributed by atoms with Gasteiger partial charge >= 0.3 is 0 Å². The molecule has 58 heavy (non-hydrogen) atoms. The van der Waals surface area contributed by atoms with Gasteiger partial charge in [0.1, 0.15) is 0 Å². The van der Waals surface area contributed by atoms with E-state index in [0.29, 0.717) is 5.62 Å². The Morgan fingerprint density at radius 2 is 0.603 bits per heavy atom. The van der Waals surface area contributed by atoms with Crippen LogP contribution < -0.4 is 5.62 Å². The van der Waals surface area contributed by atoms with Gasteiger partial charge in [-0.25, -0.2) is 0 Å². The van der Waals surface area contributed by atoms with Crippen molar-refractivity contribution in [2.75, 3.05) is 0 Å². The molecule has 0 fully saturated rings. The van der Waals surface area contributed by atoms with Crippen LogP contribution in [0.5, 0.6) is 0 Å². The maximum absolute atomic E-state index is 10.3. The van der Waals surface area contributed by atoms with Gasteiger partial charge in [-0.05, 0) is 66.5 Å². The van der Waals surface area contributed by atoms with Crippen LogP contribution in [0.25, 0.3) is 11.4 Å². The predicted molar refractivity (Wildman–Crippen MR) is 244 cm³/mol. The van der Waals surface area contributed by atoms with Crippen molar-refractivity contribution in [2.45, 2.75) is 104 Å². The molecular weight excluding hydrogens is 703 g/mol. The first-order valence-corrected chi connectivity index (χ1v) is 21.1. The standard InChI is InChI=1S/C55H61N3/c1-37(41-23-15-11-16-24-41)47-33-45(54(5,6)7)34-48(38(2)42-25-17-12-18-26-42)51(47)57-31-32-58(53(57)56)52-49(39(3)43-27-19-13-20-28-43)35-46(55(8,9)10)36-50(52)40(4)44-29-21-14-22-30-44/h11-40,56H,1-10H3. The fourth-order valence-corrected chi connectivity index (χ4v) is 8.54. The van der Waals surface area contributed by atoms with Crippen LogP contribution in [0.3, 0.4) is 0 Å². The first-order chi connectivity index (χ1) is 27.6. The average Bonchev–Trinajstić information content (AvgIpc) is 3.61. The number of imidazole rings is 1. The second kappa shape index (κ2) is 16.3. The van der Waals surface area contributed by atoms with E-state index in [0.717, 1.165) is 11.4 Å². The third-order valence-electron chi connectivity index (χ3n) is 12.4. The lowest BCUT2D eigenvalue weighted by Gasteiger charge is -2.30. The number of rotatable bonds is 10. The van der Waals surface area contributed by atoms with Gasteiger partial charge < -0.3 is 0 Å². The molecule has 4 atom stereocenters. The van der Waals surface area contributed by atoms with Gasteiger partial charge in [-0.2, -0.15) is 0 Å². The quantitative estimate of drug-likeness (QED) is 0.144. The fraction of sp³-hybridized carbons (Fsp3) is 0.291. The molecule has 0 aliphatic carbocycles. The van der Waals surface area contributed by atoms with Gasteiger partial charge in [0, 0.05) is 36.1 Å². The van der Waals surface area contributed by atoms with Crippen LogP contribution in [-0.2, 0) is 10.8 Å². The van der Waals surface area contributed by atoms with Gasteiger partial charge in [0.25, 0.3) is 0 Å². The Bertz CT molecular complexity index is 2220. The van der Waals surface area contributed by atoms with E-state index in [-0.39, 0.29) is 34.5 Å². The highest BCUT2D eigenvalue weighted by molar-refractivity contribution is 5.61. The molecule has 0 bridgehead atoms. The highest BCUT2D eigenvalue weighted by Gasteiger charge is 2.30. The lowest BCUT2D eigenvalue weighted by Crippen LogP contribution is -2.27. The van der Waals surface area contributed by atoms with Crippen molar-refractivity contribution < 1.29 is 0 Å². The molecule has 0 spiro atoms. The smallest absolute Gasteiger partial charge is 0.211 e. The van der Waals surface area contributed by atoms with Gasteiger partial charge in [-0.15, -0.1) is 0 Å². The van der Waals surface area contributed by atoms with Crippen molar-refractivity contribution in [3.05, 3.63) is 219 Å². The monoisotopic (exact) mass is 763 g/mol. The van der Waals surface area contributed by atoms with Crippen LogP contribution in [0, 0.1) is 5.41 Å². The lowest BCUT2D eigenvalue weighted by molar-refractivity contribution is 0.586. The third-order valence-corrected chi connectivity index (χ3v) is 12.4. The minimum absolute atomic E-state index is 0.0744. The highest BCUT2D eigenvalue weighted by atomic mass is 15.2. The number of benzene rings is 6. The number of hydrogen-bond donors (Lipinski definition) is 1. The molecule has 6 aromatic carbocycles. The van der Waals surface area contributed by atoms with Crippen molar-refractivity contribution in [2.24, 2.45) is 0 Å². The van der Waals surface area contributed by atoms with Gasteiger partial charge in [-0.3, -0.25) is 14.5 Å². The predicted octanol–water partition coefficient (Wildman–Crippen LogP) is 13.9. The Balaban J connectivity index is 1.56. The second-order valence-electron chi connectivity index (χ2n) is 18.4. The number of aromatic nitrogens is 2. The Morgan fingerprint density at radius 3 is 0.810 bits per heavy atom. The van der Waals surface area contributed by atoms with Gasteiger partial charge in [0.2, 0.25) is 5.62 Å². The van der Waals surface area contributed by atoms with Crippen molar-refractivity contribution in [1.29, 1.82) is 5.41 Å². The van der Waals surface area contributed by atoms with E-state index >= 15 is 0 Å². The van der Waals surface area contributed by atoms with E-state index in [1.54, 1.807) is 0 Å². The Kier molecular flexibility index (Phi) is 11.4. The molecular formula is C55H61N3. The van der Waals surface area contributed by atoms with Gasteiger partial charge in [0.05, 0.1) is 11.4 Å². The van der Waals surface area contributed by atoms with E-state index < -0.39 is 0 Å². The molecule has 3 heteroatoms. The highest BCUT2D eigenvalue weighted by Crippen LogP contribution is 2.42. The zero-order valence-electron chi connectivity index (χ0n) is 36.2. The van der Waals surface area contributed by atoms with Crippen LogP contribution in [0.4, 0.5) is 0 Å². The number of hydrogen-bond acceptors (Lipinski definition) is 1. The van der Waals surface area contributed by atoms with Gasteiger partial charge in [-0.1, -0.05) is 215 Å². The fourth-order valence-electron chi connectivity index (χ4n) is 8.54. The minimum atomic E-state index is -0.0744. The van der Waals surface area contributed by atoms with Crippen molar-refractivity contribution in [3.63, 3.8) is 0 Å². The molecule has 1 aromatic heterocycles. The zero-order valence-corrected chi connectivity index (χ0v) is 36.2. The van der Waals surface area contributed by atoms with Crippen LogP contribution in [-0.4, -0.2) is 9.13 Å². The largest absolute Gasteiger partial charge is 0.286 e. The van der Waals surface area contributed by atoms with Crippen LogP contribution in [0.15, 0.2) is 158 Å². The third kappa shape index (κ3) is 8.05. The maximum atomic E-state index is 10.3. The zero-order chi connectivity index (χ0) is 41.4. The first kappa shape index (κ1) is 40.5. The molecule has 1 N–H and O–H groups in total. The van der Waals surface area contributed by atoms with Gasteiger partial charge in [0.15, 0.2) is 0 Å². The summed E-state index contributed by atoms with van der Waals surface area (Å²) in [5.74, 6) is 0.348. The Morgan fingerprint density at radius 1 is 0.379 bits per heavy atom. The second-order valence-corrected chi connectivity index (χ2v) is 18.4. The average molecular weight is 764 g/mol. The molecule has 4 unspecified atom stereocenters. The Labute approximate surface area is 347 Å². The molecule has 0 amide bonds. The molecule has 1 heterocycles. The summed E-state index contributed by atoms with van der Waals surface area (Å²) in [6.07, 6.45) is 4.28. The van der Waals surface area contributed by atoms with E-state index in [4.69, 9.17) is 0 Å². The number of nitrogens with one attached hydrogen (secondary N) is 1. The molecule has 0 radical (unpaired) electrons. The molecule has 0 aliphatic heterocycles. The van der Waals surface area contributed by atoms with E-state index in [1.165, 1.54) is 55.6 Å². The summed E-state index contributed by atoms with van der Waals surface area (Å²) in [6.45, 7) is 23.1. The van der Waals surface area contributed by atoms with Crippen LogP contribution >= 0.6 is 0 Å². The van der Waals surface area contributed by atoms with Crippen molar-refractivity contribution >= 4 is 0 Å². The Hall–Kier alpha value is -5.67. The minimum Gasteiger partial charge on any atom is -0.286 e. The summed E-state index contributed by atoms with van der Waals surface area (Å²) >= 11 is 0. The summed E-state index contributed by atoms with van der Waals surface area (Å²) in [6, 6.07) is 53.0. The van der Waals surface area contributed by atoms with Crippen LogP contribution in [0.2, 0.25) is 0 Å². The summed E-state index contributed by atoms with van der Waals surface area (Å²) in [5, 5.41) is 10.3. The number of nitrogens with zero attached hydrogens (tertiary/aromatic N) is 2. The summed E-state index contributed by atoms with van der Waals surface area (Å²) < 4.78 is 4.34. The van der Waals surface area contributed by atoms with E-state index in [9.17, 15) is 5.41 Å². The molecule has 3 nitrogen and oxygen atoms in total. The SMILES string of the molecule is CC(c1ccccc1)c1cc(C(C)(C)C)cc(C(C)c2ccccc2)c1-n1ccn(-c2c(C(C)c3ccccc3)cc(C(C)(C)C)cc2C(C)c2ccccc2)c1=N. The van der Waals surface area contributed by atoms with E-state index in [2.05, 4.69) is 236 Å². The summed E-state index contributed by atoms with van der Waals surface area (Å²) in [7, 11) is 0. The summed E-state index contributed by atoms with van der Waals surface area (Å²) in [4.78, 5) is 0. The molecule has 296 valence electrons. The maximum Gasteiger partial charge on any atom is 0.211 e. The molecule has 7 aromatic rings.